The second kappa shape index (κ2) is 13.8. The van der Waals surface area contributed by atoms with Gasteiger partial charge in [0.25, 0.3) is 11.5 Å². The van der Waals surface area contributed by atoms with Crippen molar-refractivity contribution in [2.75, 3.05) is 31.1 Å². The minimum absolute atomic E-state index is 0.0472. The fourth-order valence-electron chi connectivity index (χ4n) is 5.66. The van der Waals surface area contributed by atoms with Crippen molar-refractivity contribution in [1.82, 2.24) is 19.0 Å². The minimum Gasteiger partial charge on any atom is -0.507 e. The average molecular weight is 654 g/mol. The predicted octanol–water partition coefficient (Wildman–Crippen LogP) is 4.91. The normalized spacial score (nSPS) is 13.5. The second-order valence-electron chi connectivity index (χ2n) is 11.4. The van der Waals surface area contributed by atoms with Crippen molar-refractivity contribution in [2.24, 2.45) is 0 Å². The van der Waals surface area contributed by atoms with Crippen molar-refractivity contribution in [1.29, 1.82) is 0 Å². The minimum atomic E-state index is -1.11. The summed E-state index contributed by atoms with van der Waals surface area (Å²) < 4.78 is 45.7. The maximum atomic E-state index is 14.5. The molecule has 0 radical (unpaired) electrons. The van der Waals surface area contributed by atoms with Gasteiger partial charge in [0.2, 0.25) is 5.78 Å². The number of carbonyl (C=O) groups is 2. The van der Waals surface area contributed by atoms with Crippen LogP contribution < -0.4 is 10.5 Å². The van der Waals surface area contributed by atoms with E-state index in [0.717, 1.165) is 16.9 Å². The fraction of sp³-hybridized carbons (Fsp3) is 0.167. The summed E-state index contributed by atoms with van der Waals surface area (Å²) in [5.74, 6) is -5.93. The quantitative estimate of drug-likeness (QED) is 0.138. The molecule has 0 aliphatic carbocycles. The highest BCUT2D eigenvalue weighted by molar-refractivity contribution is 6.41. The van der Waals surface area contributed by atoms with Crippen LogP contribution in [0.3, 0.4) is 0 Å². The van der Waals surface area contributed by atoms with Gasteiger partial charge in [-0.15, -0.1) is 0 Å². The smallest absolute Gasteiger partial charge is 0.294 e. The van der Waals surface area contributed by atoms with Crippen LogP contribution in [0.25, 0.3) is 11.4 Å². The number of aliphatic hydroxyl groups excluding tert-OH is 1. The highest BCUT2D eigenvalue weighted by Gasteiger charge is 2.26. The summed E-state index contributed by atoms with van der Waals surface area (Å²) in [6, 6.07) is 19.0. The van der Waals surface area contributed by atoms with Crippen LogP contribution in [-0.2, 0) is 22.6 Å². The lowest BCUT2D eigenvalue weighted by atomic mass is 10.0. The summed E-state index contributed by atoms with van der Waals surface area (Å²) in [4.78, 5) is 47.1. The van der Waals surface area contributed by atoms with E-state index in [0.29, 0.717) is 31.3 Å². The van der Waals surface area contributed by atoms with Gasteiger partial charge in [0.05, 0.1) is 18.4 Å². The molecule has 244 valence electrons. The van der Waals surface area contributed by atoms with Gasteiger partial charge in [0.15, 0.2) is 0 Å². The number of aromatic nitrogens is 3. The van der Waals surface area contributed by atoms with E-state index < -0.39 is 46.0 Å². The number of hydrogen-bond acceptors (Lipinski definition) is 6. The molecule has 1 saturated heterocycles. The number of imidazole rings is 1. The van der Waals surface area contributed by atoms with E-state index in [9.17, 15) is 32.7 Å². The van der Waals surface area contributed by atoms with Gasteiger partial charge in [-0.1, -0.05) is 30.3 Å². The molecule has 12 heteroatoms. The molecular weight excluding hydrogens is 623 g/mol. The van der Waals surface area contributed by atoms with Crippen LogP contribution in [0, 0.1) is 17.5 Å². The summed E-state index contributed by atoms with van der Waals surface area (Å²) in [5, 5.41) is 11.0. The molecule has 0 atom stereocenters. The molecule has 9 nitrogen and oxygen atoms in total. The zero-order valence-corrected chi connectivity index (χ0v) is 25.6. The Morgan fingerprint density at radius 1 is 0.854 bits per heavy atom. The zero-order chi connectivity index (χ0) is 33.8. The number of hydrogen-bond donors (Lipinski definition) is 1. The van der Waals surface area contributed by atoms with E-state index in [4.69, 9.17) is 0 Å². The van der Waals surface area contributed by atoms with E-state index in [-0.39, 0.29) is 37.2 Å². The molecule has 3 heterocycles. The second-order valence-corrected chi connectivity index (χ2v) is 11.4. The molecule has 1 aliphatic rings. The summed E-state index contributed by atoms with van der Waals surface area (Å²) in [6.45, 7) is 1.52. The van der Waals surface area contributed by atoms with Crippen molar-refractivity contribution in [3.8, 4) is 5.69 Å². The SMILES string of the molecule is O=C(C=C(O)c1cc(Cc2c(F)cc(F)cc2F)cn(Cc2ccccc2)c1=O)C(=O)N1CCN(c2ccc(-n3ccnc3)cc2)CC1. The van der Waals surface area contributed by atoms with Crippen molar-refractivity contribution in [3.63, 3.8) is 0 Å². The van der Waals surface area contributed by atoms with E-state index in [1.807, 2.05) is 35.0 Å². The highest BCUT2D eigenvalue weighted by Crippen LogP contribution is 2.22. The van der Waals surface area contributed by atoms with Gasteiger partial charge in [-0.2, -0.15) is 0 Å². The van der Waals surface area contributed by atoms with Crippen LogP contribution in [-0.4, -0.2) is 62.0 Å². The van der Waals surface area contributed by atoms with Crippen molar-refractivity contribution >= 4 is 23.1 Å². The van der Waals surface area contributed by atoms with Crippen molar-refractivity contribution < 1.29 is 27.9 Å². The fourth-order valence-corrected chi connectivity index (χ4v) is 5.66. The van der Waals surface area contributed by atoms with E-state index in [2.05, 4.69) is 9.88 Å². The molecule has 0 spiro atoms. The number of ketones is 1. The Kier molecular flexibility index (Phi) is 9.24. The van der Waals surface area contributed by atoms with Gasteiger partial charge in [-0.05, 0) is 41.5 Å². The predicted molar refractivity (Wildman–Crippen MR) is 173 cm³/mol. The summed E-state index contributed by atoms with van der Waals surface area (Å²) >= 11 is 0. The molecule has 5 aromatic rings. The Morgan fingerprint density at radius 3 is 2.17 bits per heavy atom. The molecule has 0 bridgehead atoms. The first-order valence-corrected chi connectivity index (χ1v) is 15.1. The van der Waals surface area contributed by atoms with Gasteiger partial charge >= 0.3 is 0 Å². The summed E-state index contributed by atoms with van der Waals surface area (Å²) in [7, 11) is 0. The monoisotopic (exact) mass is 653 g/mol. The maximum Gasteiger partial charge on any atom is 0.294 e. The molecule has 2 aromatic heterocycles. The van der Waals surface area contributed by atoms with Gasteiger partial charge in [0.1, 0.15) is 23.2 Å². The number of anilines is 1. The molecule has 3 aromatic carbocycles. The molecule has 48 heavy (non-hydrogen) atoms. The number of aliphatic hydroxyl groups is 1. The Balaban J connectivity index is 1.19. The number of pyridine rings is 1. The van der Waals surface area contributed by atoms with E-state index in [1.54, 1.807) is 42.9 Å². The Morgan fingerprint density at radius 2 is 1.52 bits per heavy atom. The van der Waals surface area contributed by atoms with Gasteiger partial charge < -0.3 is 24.0 Å². The zero-order valence-electron chi connectivity index (χ0n) is 25.6. The number of rotatable bonds is 9. The topological polar surface area (TPSA) is 101 Å². The van der Waals surface area contributed by atoms with Crippen LogP contribution in [0.1, 0.15) is 22.3 Å². The molecule has 1 amide bonds. The highest BCUT2D eigenvalue weighted by atomic mass is 19.1. The number of nitrogens with zero attached hydrogens (tertiary/aromatic N) is 5. The number of piperazine rings is 1. The molecule has 0 saturated carbocycles. The van der Waals surface area contributed by atoms with Gasteiger partial charge in [-0.3, -0.25) is 14.4 Å². The lowest BCUT2D eigenvalue weighted by molar-refractivity contribution is -0.142. The van der Waals surface area contributed by atoms with Gasteiger partial charge in [0, 0.05) is 86.3 Å². The third kappa shape index (κ3) is 7.07. The Hall–Kier alpha value is -5.91. The molecule has 1 aliphatic heterocycles. The van der Waals surface area contributed by atoms with Crippen LogP contribution in [0.2, 0.25) is 0 Å². The standard InChI is InChI=1S/C36H30F3N5O4/c37-26-18-31(38)29(32(39)19-26)16-25-17-30(35(47)44(22-25)21-24-4-2-1-3-5-24)33(45)20-34(46)36(48)42-14-12-41(13-15-42)27-6-8-28(9-7-27)43-11-10-40-23-43/h1-11,17-20,22-23,45H,12-16,21H2. The first-order chi connectivity index (χ1) is 23.2. The number of benzene rings is 3. The van der Waals surface area contributed by atoms with E-state index in [1.165, 1.54) is 21.7 Å². The number of halogens is 3. The molecule has 1 N–H and O–H groups in total. The lowest BCUT2D eigenvalue weighted by Crippen LogP contribution is -2.50. The van der Waals surface area contributed by atoms with Crippen molar-refractivity contribution in [3.05, 3.63) is 154 Å². The van der Waals surface area contributed by atoms with Crippen LogP contribution in [0.4, 0.5) is 18.9 Å². The Labute approximate surface area is 273 Å². The first kappa shape index (κ1) is 32.0. The first-order valence-electron chi connectivity index (χ1n) is 15.1. The molecule has 0 unspecified atom stereocenters. The summed E-state index contributed by atoms with van der Waals surface area (Å²) in [5.41, 5.74) is 1.38. The van der Waals surface area contributed by atoms with Crippen LogP contribution in [0.5, 0.6) is 0 Å². The Bertz CT molecular complexity index is 2010. The van der Waals surface area contributed by atoms with Gasteiger partial charge in [-0.25, -0.2) is 18.2 Å². The van der Waals surface area contributed by atoms with Crippen molar-refractivity contribution in [2.45, 2.75) is 13.0 Å². The lowest BCUT2D eigenvalue weighted by Gasteiger charge is -2.35. The third-order valence-electron chi connectivity index (χ3n) is 8.16. The third-order valence-corrected chi connectivity index (χ3v) is 8.16. The maximum absolute atomic E-state index is 14.5. The summed E-state index contributed by atoms with van der Waals surface area (Å²) in [6.07, 6.45) is 6.94. The van der Waals surface area contributed by atoms with Crippen LogP contribution in [0.15, 0.2) is 109 Å². The average Bonchev–Trinajstić information content (AvgIpc) is 3.63. The molecule has 6 rings (SSSR count). The number of carbonyl (C=O) groups excluding carboxylic acids is 2. The van der Waals surface area contributed by atoms with Crippen LogP contribution >= 0.6 is 0 Å². The largest absolute Gasteiger partial charge is 0.507 e. The molecular formula is C36H30F3N5O4. The molecule has 1 fully saturated rings. The van der Waals surface area contributed by atoms with E-state index >= 15 is 0 Å². The number of amides is 1.